The summed E-state index contributed by atoms with van der Waals surface area (Å²) in [4.78, 5) is 2.56. The zero-order chi connectivity index (χ0) is 19.1. The standard InChI is InChI=1S/C24H29NO3/c1-17-5-7-18(8-6-17)15-25-13-12-24(26)11-3-2-4-20(24)23(25)19-9-10-21-22(14-19)28-16-27-21/h5-10,14,20,23,26H,2-4,11-13,15-16H2,1H3/t20-,23+,24+/m1/s1. The zero-order valence-electron chi connectivity index (χ0n) is 16.6. The molecule has 0 unspecified atom stereocenters. The summed E-state index contributed by atoms with van der Waals surface area (Å²) in [6.07, 6.45) is 5.22. The lowest BCUT2D eigenvalue weighted by Gasteiger charge is -2.52. The van der Waals surface area contributed by atoms with Crippen molar-refractivity contribution in [3.8, 4) is 11.5 Å². The molecule has 28 heavy (non-hydrogen) atoms. The largest absolute Gasteiger partial charge is 0.454 e. The Hall–Kier alpha value is -2.04. The highest BCUT2D eigenvalue weighted by Gasteiger charge is 2.49. The van der Waals surface area contributed by atoms with Crippen LogP contribution in [0, 0.1) is 12.8 Å². The van der Waals surface area contributed by atoms with Gasteiger partial charge in [-0.15, -0.1) is 0 Å². The van der Waals surface area contributed by atoms with Crippen LogP contribution in [0.15, 0.2) is 42.5 Å². The van der Waals surface area contributed by atoms with E-state index in [9.17, 15) is 5.11 Å². The second-order valence-corrected chi connectivity index (χ2v) is 8.72. The molecule has 0 radical (unpaired) electrons. The predicted molar refractivity (Wildman–Crippen MR) is 108 cm³/mol. The van der Waals surface area contributed by atoms with E-state index in [1.165, 1.54) is 23.1 Å². The van der Waals surface area contributed by atoms with Gasteiger partial charge in [0.1, 0.15) is 0 Å². The van der Waals surface area contributed by atoms with Crippen molar-refractivity contribution in [2.45, 2.75) is 57.2 Å². The molecule has 1 aliphatic carbocycles. The molecule has 0 spiro atoms. The highest BCUT2D eigenvalue weighted by molar-refractivity contribution is 5.45. The summed E-state index contributed by atoms with van der Waals surface area (Å²) < 4.78 is 11.2. The molecule has 3 aliphatic rings. The van der Waals surface area contributed by atoms with Gasteiger partial charge in [0, 0.05) is 25.0 Å². The average molecular weight is 380 g/mol. The normalized spacial score (nSPS) is 29.5. The van der Waals surface area contributed by atoms with E-state index in [4.69, 9.17) is 9.47 Å². The van der Waals surface area contributed by atoms with Crippen molar-refractivity contribution in [3.63, 3.8) is 0 Å². The van der Waals surface area contributed by atoms with Crippen LogP contribution in [0.2, 0.25) is 0 Å². The fourth-order valence-corrected chi connectivity index (χ4v) is 5.39. The van der Waals surface area contributed by atoms with E-state index in [0.717, 1.165) is 50.3 Å². The first-order chi connectivity index (χ1) is 13.6. The van der Waals surface area contributed by atoms with E-state index < -0.39 is 5.60 Å². The number of nitrogens with zero attached hydrogens (tertiary/aromatic N) is 1. The van der Waals surface area contributed by atoms with Gasteiger partial charge >= 0.3 is 0 Å². The number of piperidine rings is 1. The first-order valence-corrected chi connectivity index (χ1v) is 10.5. The minimum atomic E-state index is -0.539. The maximum Gasteiger partial charge on any atom is 0.231 e. The summed E-state index contributed by atoms with van der Waals surface area (Å²) in [5.74, 6) is 1.92. The summed E-state index contributed by atoms with van der Waals surface area (Å²) in [5.41, 5.74) is 3.32. The molecule has 1 N–H and O–H groups in total. The highest BCUT2D eigenvalue weighted by atomic mass is 16.7. The van der Waals surface area contributed by atoms with Gasteiger partial charge in [-0.3, -0.25) is 4.90 Å². The van der Waals surface area contributed by atoms with E-state index in [2.05, 4.69) is 48.2 Å². The third-order valence-corrected chi connectivity index (χ3v) is 6.92. The SMILES string of the molecule is Cc1ccc(CN2CC[C@@]3(O)CCCC[C@@H]3[C@@H]2c2ccc3c(c2)OCO3)cc1. The molecule has 3 atom stereocenters. The molecule has 148 valence electrons. The van der Waals surface area contributed by atoms with Crippen molar-refractivity contribution in [1.29, 1.82) is 0 Å². The quantitative estimate of drug-likeness (QED) is 0.847. The minimum Gasteiger partial charge on any atom is -0.454 e. The number of ether oxygens (including phenoxy) is 2. The summed E-state index contributed by atoms with van der Waals surface area (Å²) in [6.45, 7) is 4.25. The number of benzene rings is 2. The second kappa shape index (κ2) is 7.09. The Morgan fingerprint density at radius 3 is 2.71 bits per heavy atom. The molecule has 2 heterocycles. The van der Waals surface area contributed by atoms with Crippen LogP contribution in [-0.4, -0.2) is 28.9 Å². The first kappa shape index (κ1) is 18.0. The van der Waals surface area contributed by atoms with Crippen molar-refractivity contribution >= 4 is 0 Å². The second-order valence-electron chi connectivity index (χ2n) is 8.72. The topological polar surface area (TPSA) is 41.9 Å². The molecule has 2 fully saturated rings. The maximum absolute atomic E-state index is 11.5. The fourth-order valence-electron chi connectivity index (χ4n) is 5.39. The van der Waals surface area contributed by atoms with Crippen molar-refractivity contribution in [2.75, 3.05) is 13.3 Å². The zero-order valence-corrected chi connectivity index (χ0v) is 16.6. The van der Waals surface area contributed by atoms with Crippen molar-refractivity contribution in [2.24, 2.45) is 5.92 Å². The third kappa shape index (κ3) is 3.19. The molecule has 0 bridgehead atoms. The van der Waals surface area contributed by atoms with Crippen molar-refractivity contribution in [1.82, 2.24) is 4.90 Å². The fraction of sp³-hybridized carbons (Fsp3) is 0.500. The average Bonchev–Trinajstić information content (AvgIpc) is 3.17. The Balaban J connectivity index is 1.50. The number of aliphatic hydroxyl groups is 1. The monoisotopic (exact) mass is 379 g/mol. The lowest BCUT2D eigenvalue weighted by molar-refractivity contribution is -0.126. The molecule has 0 amide bonds. The predicted octanol–water partition coefficient (Wildman–Crippen LogP) is 4.59. The third-order valence-electron chi connectivity index (χ3n) is 6.92. The molecular formula is C24H29NO3. The number of rotatable bonds is 3. The van der Waals surface area contributed by atoms with Crippen LogP contribution in [-0.2, 0) is 6.54 Å². The summed E-state index contributed by atoms with van der Waals surface area (Å²) in [6, 6.07) is 15.4. The molecule has 4 nitrogen and oxygen atoms in total. The first-order valence-electron chi connectivity index (χ1n) is 10.5. The molecule has 2 aliphatic heterocycles. The van der Waals surface area contributed by atoms with Gasteiger partial charge in [0.15, 0.2) is 11.5 Å². The number of hydrogen-bond acceptors (Lipinski definition) is 4. The van der Waals surface area contributed by atoms with Crippen LogP contribution in [0.3, 0.4) is 0 Å². The number of fused-ring (bicyclic) bond motifs is 2. The maximum atomic E-state index is 11.5. The summed E-state index contributed by atoms with van der Waals surface area (Å²) in [5, 5.41) is 11.5. The smallest absolute Gasteiger partial charge is 0.231 e. The minimum absolute atomic E-state index is 0.204. The van der Waals surface area contributed by atoms with Crippen LogP contribution < -0.4 is 9.47 Å². The van der Waals surface area contributed by atoms with E-state index in [1.54, 1.807) is 0 Å². The van der Waals surface area contributed by atoms with E-state index >= 15 is 0 Å². The van der Waals surface area contributed by atoms with Crippen molar-refractivity contribution in [3.05, 3.63) is 59.2 Å². The van der Waals surface area contributed by atoms with Gasteiger partial charge in [-0.1, -0.05) is 48.7 Å². The van der Waals surface area contributed by atoms with E-state index in [0.29, 0.717) is 6.79 Å². The van der Waals surface area contributed by atoms with Gasteiger partial charge in [0.25, 0.3) is 0 Å². The van der Waals surface area contributed by atoms with Crippen molar-refractivity contribution < 1.29 is 14.6 Å². The van der Waals surface area contributed by atoms with Crippen LogP contribution in [0.4, 0.5) is 0 Å². The van der Waals surface area contributed by atoms with Gasteiger partial charge < -0.3 is 14.6 Å². The highest BCUT2D eigenvalue weighted by Crippen LogP contribution is 2.50. The van der Waals surface area contributed by atoms with Gasteiger partial charge in [0.05, 0.1) is 5.60 Å². The Bertz CT molecular complexity index is 849. The molecule has 2 aromatic rings. The number of hydrogen-bond donors (Lipinski definition) is 1. The Morgan fingerprint density at radius 2 is 1.86 bits per heavy atom. The van der Waals surface area contributed by atoms with Gasteiger partial charge in [-0.2, -0.15) is 0 Å². The van der Waals surface area contributed by atoms with Crippen LogP contribution in [0.25, 0.3) is 0 Å². The van der Waals surface area contributed by atoms with E-state index in [1.807, 2.05) is 6.07 Å². The van der Waals surface area contributed by atoms with E-state index in [-0.39, 0.29) is 12.0 Å². The van der Waals surface area contributed by atoms with Gasteiger partial charge in [0.2, 0.25) is 6.79 Å². The van der Waals surface area contributed by atoms with Gasteiger partial charge in [-0.25, -0.2) is 0 Å². The van der Waals surface area contributed by atoms with Gasteiger partial charge in [-0.05, 0) is 49.4 Å². The van der Waals surface area contributed by atoms with Crippen LogP contribution in [0.5, 0.6) is 11.5 Å². The molecule has 2 aromatic carbocycles. The Labute approximate surface area is 167 Å². The lowest BCUT2D eigenvalue weighted by Crippen LogP contribution is -2.54. The van der Waals surface area contributed by atoms with Crippen LogP contribution in [0.1, 0.15) is 54.8 Å². The summed E-state index contributed by atoms with van der Waals surface area (Å²) >= 11 is 0. The number of likely N-dealkylation sites (tertiary alicyclic amines) is 1. The Morgan fingerprint density at radius 1 is 1.04 bits per heavy atom. The number of aryl methyl sites for hydroxylation is 1. The molecule has 5 rings (SSSR count). The lowest BCUT2D eigenvalue weighted by atomic mass is 9.66. The molecule has 4 heteroatoms. The Kier molecular flexibility index (Phi) is 4.56. The molecule has 1 saturated carbocycles. The van der Waals surface area contributed by atoms with Crippen LogP contribution >= 0.6 is 0 Å². The molecule has 0 aromatic heterocycles. The molecular weight excluding hydrogens is 350 g/mol. The summed E-state index contributed by atoms with van der Waals surface area (Å²) in [7, 11) is 0. The molecule has 1 saturated heterocycles.